The molecule has 0 unspecified atom stereocenters. The molecule has 1 heterocycles. The number of nitrogens with zero attached hydrogens (tertiary/aromatic N) is 2. The lowest BCUT2D eigenvalue weighted by atomic mass is 10.1. The summed E-state index contributed by atoms with van der Waals surface area (Å²) in [5, 5.41) is 9.49. The molecule has 0 aliphatic carbocycles. The summed E-state index contributed by atoms with van der Waals surface area (Å²) in [7, 11) is 0. The van der Waals surface area contributed by atoms with Crippen molar-refractivity contribution in [3.8, 4) is 0 Å². The third kappa shape index (κ3) is 1.94. The highest BCUT2D eigenvalue weighted by Crippen LogP contribution is 2.18. The number of nitrogens with two attached hydrogens (primary N) is 1. The number of hydrogen-bond acceptors (Lipinski definition) is 4. The van der Waals surface area contributed by atoms with Crippen molar-refractivity contribution in [3.05, 3.63) is 36.2 Å². The van der Waals surface area contributed by atoms with E-state index < -0.39 is 0 Å². The Bertz CT molecular complexity index is 508. The predicted molar refractivity (Wildman–Crippen MR) is 60.1 cm³/mol. The number of rotatable bonds is 2. The van der Waals surface area contributed by atoms with Crippen LogP contribution in [0.3, 0.4) is 0 Å². The number of benzene rings is 1. The second kappa shape index (κ2) is 4.06. The van der Waals surface area contributed by atoms with Gasteiger partial charge in [-0.05, 0) is 17.7 Å². The van der Waals surface area contributed by atoms with E-state index in [1.807, 2.05) is 24.3 Å². The Labute approximate surface area is 87.1 Å². The Morgan fingerprint density at radius 3 is 3.00 bits per heavy atom. The zero-order valence-electron chi connectivity index (χ0n) is 8.09. The van der Waals surface area contributed by atoms with Crippen molar-refractivity contribution < 1.29 is 5.11 Å². The van der Waals surface area contributed by atoms with Gasteiger partial charge in [-0.3, -0.25) is 0 Å². The van der Waals surface area contributed by atoms with Crippen LogP contribution in [-0.4, -0.2) is 21.7 Å². The Kier molecular flexibility index (Phi) is 2.60. The molecule has 2 rings (SSSR count). The molecule has 2 aromatic rings. The number of fused-ring (bicyclic) bond motifs is 1. The maximum Gasteiger partial charge on any atom is 0.134 e. The van der Waals surface area contributed by atoms with E-state index >= 15 is 0 Å². The van der Waals surface area contributed by atoms with E-state index in [0.717, 1.165) is 16.5 Å². The lowest BCUT2D eigenvalue weighted by Gasteiger charge is -2.00. The van der Waals surface area contributed by atoms with E-state index in [1.54, 1.807) is 6.08 Å². The minimum atomic E-state index is 0.0266. The molecule has 3 N–H and O–H groups in total. The quantitative estimate of drug-likeness (QED) is 0.766. The lowest BCUT2D eigenvalue weighted by molar-refractivity contribution is 0.343. The van der Waals surface area contributed by atoms with Crippen molar-refractivity contribution in [3.63, 3.8) is 0 Å². The van der Waals surface area contributed by atoms with Crippen molar-refractivity contribution in [2.24, 2.45) is 0 Å². The summed E-state index contributed by atoms with van der Waals surface area (Å²) in [6.07, 6.45) is 4.94. The van der Waals surface area contributed by atoms with Crippen molar-refractivity contribution >= 4 is 22.8 Å². The zero-order chi connectivity index (χ0) is 10.7. The van der Waals surface area contributed by atoms with Crippen molar-refractivity contribution in [1.82, 2.24) is 9.97 Å². The summed E-state index contributed by atoms with van der Waals surface area (Å²) >= 11 is 0. The monoisotopic (exact) mass is 201 g/mol. The summed E-state index contributed by atoms with van der Waals surface area (Å²) in [4.78, 5) is 8.02. The van der Waals surface area contributed by atoms with Crippen molar-refractivity contribution in [2.75, 3.05) is 12.3 Å². The Hall–Kier alpha value is -1.94. The fourth-order valence-corrected chi connectivity index (χ4v) is 1.39. The Morgan fingerprint density at radius 2 is 2.20 bits per heavy atom. The van der Waals surface area contributed by atoms with Crippen LogP contribution in [0, 0.1) is 0 Å². The Balaban J connectivity index is 2.54. The van der Waals surface area contributed by atoms with Crippen LogP contribution in [0.1, 0.15) is 5.56 Å². The summed E-state index contributed by atoms with van der Waals surface area (Å²) in [5.74, 6) is 0.472. The third-order valence-corrected chi connectivity index (χ3v) is 2.11. The van der Waals surface area contributed by atoms with E-state index in [1.165, 1.54) is 6.33 Å². The van der Waals surface area contributed by atoms with E-state index in [-0.39, 0.29) is 6.61 Å². The first-order chi connectivity index (χ1) is 7.31. The molecule has 0 amide bonds. The van der Waals surface area contributed by atoms with E-state index in [0.29, 0.717) is 5.82 Å². The molecule has 1 aromatic heterocycles. The first-order valence-corrected chi connectivity index (χ1v) is 4.59. The fraction of sp³-hybridized carbons (Fsp3) is 0.0909. The molecule has 0 aliphatic heterocycles. The molecule has 0 aliphatic rings. The normalized spacial score (nSPS) is 11.3. The van der Waals surface area contributed by atoms with Gasteiger partial charge in [0.2, 0.25) is 0 Å². The molecule has 4 nitrogen and oxygen atoms in total. The average Bonchev–Trinajstić information content (AvgIpc) is 2.27. The highest BCUT2D eigenvalue weighted by molar-refractivity contribution is 5.89. The number of aromatic nitrogens is 2. The fourth-order valence-electron chi connectivity index (χ4n) is 1.39. The minimum absolute atomic E-state index is 0.0266. The molecule has 0 atom stereocenters. The second-order valence-electron chi connectivity index (χ2n) is 3.12. The molecule has 15 heavy (non-hydrogen) atoms. The summed E-state index contributed by atoms with van der Waals surface area (Å²) in [6, 6.07) is 5.70. The van der Waals surface area contributed by atoms with Gasteiger partial charge < -0.3 is 10.8 Å². The topological polar surface area (TPSA) is 72.0 Å². The van der Waals surface area contributed by atoms with Gasteiger partial charge in [-0.15, -0.1) is 0 Å². The second-order valence-corrected chi connectivity index (χ2v) is 3.12. The van der Waals surface area contributed by atoms with E-state index in [9.17, 15) is 0 Å². The molecule has 0 bridgehead atoms. The highest BCUT2D eigenvalue weighted by atomic mass is 16.2. The van der Waals surface area contributed by atoms with Crippen molar-refractivity contribution in [1.29, 1.82) is 0 Å². The molecule has 4 heteroatoms. The number of aliphatic hydroxyl groups excluding tert-OH is 1. The van der Waals surface area contributed by atoms with Crippen molar-refractivity contribution in [2.45, 2.75) is 0 Å². The molecular formula is C11H11N3O. The summed E-state index contributed by atoms with van der Waals surface area (Å²) in [5.41, 5.74) is 7.52. The first-order valence-electron chi connectivity index (χ1n) is 4.59. The van der Waals surface area contributed by atoms with Crippen LogP contribution < -0.4 is 5.73 Å². The number of anilines is 1. The maximum absolute atomic E-state index is 8.66. The molecule has 0 saturated carbocycles. The lowest BCUT2D eigenvalue weighted by Crippen LogP contribution is -1.93. The Morgan fingerprint density at radius 1 is 1.33 bits per heavy atom. The largest absolute Gasteiger partial charge is 0.392 e. The number of hydrogen-bond donors (Lipinski definition) is 2. The first kappa shape index (κ1) is 9.61. The number of aliphatic hydroxyl groups is 1. The molecule has 76 valence electrons. The standard InChI is InChI=1S/C11H11N3O/c12-11-9-6-8(2-1-5-15)3-4-10(9)13-7-14-11/h1-4,6-7,15H,5H2,(H2,12,13,14). The zero-order valence-corrected chi connectivity index (χ0v) is 8.09. The number of nitrogen functional groups attached to an aromatic ring is 1. The van der Waals surface area contributed by atoms with Crippen LogP contribution in [0.4, 0.5) is 5.82 Å². The molecule has 0 spiro atoms. The molecule has 0 radical (unpaired) electrons. The van der Waals surface area contributed by atoms with Crippen LogP contribution in [0.2, 0.25) is 0 Å². The smallest absolute Gasteiger partial charge is 0.134 e. The minimum Gasteiger partial charge on any atom is -0.392 e. The molecule has 1 aromatic carbocycles. The summed E-state index contributed by atoms with van der Waals surface area (Å²) in [6.45, 7) is 0.0266. The van der Waals surface area contributed by atoms with Gasteiger partial charge in [0.05, 0.1) is 12.1 Å². The van der Waals surface area contributed by atoms with Gasteiger partial charge in [-0.2, -0.15) is 0 Å². The molecule has 0 fully saturated rings. The van der Waals surface area contributed by atoms with Gasteiger partial charge in [-0.25, -0.2) is 9.97 Å². The van der Waals surface area contributed by atoms with Crippen LogP contribution in [0.25, 0.3) is 17.0 Å². The maximum atomic E-state index is 8.66. The molecule has 0 saturated heterocycles. The van der Waals surface area contributed by atoms with Crippen LogP contribution in [0.5, 0.6) is 0 Å². The van der Waals surface area contributed by atoms with Gasteiger partial charge >= 0.3 is 0 Å². The third-order valence-electron chi connectivity index (χ3n) is 2.11. The SMILES string of the molecule is Nc1ncnc2ccc(C=CCO)cc12. The summed E-state index contributed by atoms with van der Waals surface area (Å²) < 4.78 is 0. The van der Waals surface area contributed by atoms with Crippen LogP contribution in [-0.2, 0) is 0 Å². The van der Waals surface area contributed by atoms with E-state index in [4.69, 9.17) is 10.8 Å². The van der Waals surface area contributed by atoms with Gasteiger partial charge in [0.25, 0.3) is 0 Å². The van der Waals surface area contributed by atoms with Crippen LogP contribution >= 0.6 is 0 Å². The predicted octanol–water partition coefficient (Wildman–Crippen LogP) is 1.22. The van der Waals surface area contributed by atoms with Gasteiger partial charge in [0.1, 0.15) is 12.1 Å². The van der Waals surface area contributed by atoms with Gasteiger partial charge in [-0.1, -0.05) is 18.2 Å². The average molecular weight is 201 g/mol. The molecular weight excluding hydrogens is 190 g/mol. The van der Waals surface area contributed by atoms with Gasteiger partial charge in [0.15, 0.2) is 0 Å². The van der Waals surface area contributed by atoms with Crippen LogP contribution in [0.15, 0.2) is 30.6 Å². The van der Waals surface area contributed by atoms with E-state index in [2.05, 4.69) is 9.97 Å². The highest BCUT2D eigenvalue weighted by Gasteiger charge is 1.99. The van der Waals surface area contributed by atoms with Gasteiger partial charge in [0, 0.05) is 5.39 Å².